The Morgan fingerprint density at radius 3 is 3.00 bits per heavy atom. The molecule has 0 spiro atoms. The van der Waals surface area contributed by atoms with Crippen molar-refractivity contribution in [1.29, 1.82) is 5.26 Å². The first-order chi connectivity index (χ1) is 9.28. The molecule has 0 aliphatic carbocycles. The maximum Gasteiger partial charge on any atom is 0.262 e. The molecule has 3 aromatic heterocycles. The fourth-order valence-corrected chi connectivity index (χ4v) is 1.64. The van der Waals surface area contributed by atoms with Gasteiger partial charge in [-0.25, -0.2) is 4.98 Å². The van der Waals surface area contributed by atoms with Gasteiger partial charge in [-0.1, -0.05) is 11.2 Å². The van der Waals surface area contributed by atoms with Gasteiger partial charge in [-0.3, -0.25) is 5.10 Å². The molecule has 1 N–H and O–H groups in total. The van der Waals surface area contributed by atoms with Crippen LogP contribution in [0, 0.1) is 18.3 Å². The van der Waals surface area contributed by atoms with Gasteiger partial charge in [0.25, 0.3) is 5.89 Å². The van der Waals surface area contributed by atoms with Crippen molar-refractivity contribution < 1.29 is 4.52 Å². The predicted octanol–water partition coefficient (Wildman–Crippen LogP) is 1.70. The van der Waals surface area contributed by atoms with Gasteiger partial charge < -0.3 is 4.52 Å². The van der Waals surface area contributed by atoms with E-state index in [1.807, 2.05) is 25.1 Å². The van der Waals surface area contributed by atoms with Crippen molar-refractivity contribution in [3.8, 4) is 29.0 Å². The van der Waals surface area contributed by atoms with Crippen molar-refractivity contribution in [2.75, 3.05) is 0 Å². The van der Waals surface area contributed by atoms with Crippen LogP contribution in [-0.4, -0.2) is 25.3 Å². The molecule has 3 heterocycles. The standard InChI is InChI=1S/C12H8N6O/c1-7-3-2-4-9(15-7)11-16-12(19-18-11)8-6-14-17-10(8)5-13/h2-4,6H,1H3,(H,14,17). The van der Waals surface area contributed by atoms with Crippen LogP contribution in [0.4, 0.5) is 0 Å². The van der Waals surface area contributed by atoms with Crippen LogP contribution in [0.25, 0.3) is 23.0 Å². The molecule has 0 atom stereocenters. The van der Waals surface area contributed by atoms with Gasteiger partial charge in [0.05, 0.1) is 11.8 Å². The number of aromatic amines is 1. The highest BCUT2D eigenvalue weighted by Crippen LogP contribution is 2.22. The molecule has 3 rings (SSSR count). The Labute approximate surface area is 107 Å². The van der Waals surface area contributed by atoms with Gasteiger partial charge in [0.15, 0.2) is 0 Å². The fourth-order valence-electron chi connectivity index (χ4n) is 1.64. The summed E-state index contributed by atoms with van der Waals surface area (Å²) in [5, 5.41) is 19.1. The van der Waals surface area contributed by atoms with E-state index < -0.39 is 0 Å². The number of hydrogen-bond donors (Lipinski definition) is 1. The van der Waals surface area contributed by atoms with Gasteiger partial charge in [0.2, 0.25) is 5.82 Å². The molecule has 0 saturated heterocycles. The highest BCUT2D eigenvalue weighted by atomic mass is 16.5. The van der Waals surface area contributed by atoms with Crippen molar-refractivity contribution >= 4 is 0 Å². The molecule has 92 valence electrons. The molecule has 0 saturated carbocycles. The molecule has 3 aromatic rings. The number of nitriles is 1. The summed E-state index contributed by atoms with van der Waals surface area (Å²) in [6.45, 7) is 1.88. The second-order valence-corrected chi connectivity index (χ2v) is 3.86. The summed E-state index contributed by atoms with van der Waals surface area (Å²) in [6, 6.07) is 7.52. The molecular formula is C12H8N6O. The third-order valence-electron chi connectivity index (χ3n) is 2.53. The first-order valence-corrected chi connectivity index (χ1v) is 5.49. The van der Waals surface area contributed by atoms with Crippen LogP contribution in [0.2, 0.25) is 0 Å². The summed E-state index contributed by atoms with van der Waals surface area (Å²) in [4.78, 5) is 8.53. The molecule has 7 nitrogen and oxygen atoms in total. The lowest BCUT2D eigenvalue weighted by atomic mass is 10.2. The lowest BCUT2D eigenvalue weighted by Crippen LogP contribution is -1.88. The van der Waals surface area contributed by atoms with E-state index in [1.54, 1.807) is 6.07 Å². The van der Waals surface area contributed by atoms with Crippen molar-refractivity contribution in [2.45, 2.75) is 6.92 Å². The van der Waals surface area contributed by atoms with Crippen molar-refractivity contribution in [3.63, 3.8) is 0 Å². The van der Waals surface area contributed by atoms with Crippen molar-refractivity contribution in [3.05, 3.63) is 35.8 Å². The number of aryl methyl sites for hydroxylation is 1. The second kappa shape index (κ2) is 4.34. The third-order valence-corrected chi connectivity index (χ3v) is 2.53. The predicted molar refractivity (Wildman–Crippen MR) is 64.6 cm³/mol. The normalized spacial score (nSPS) is 10.3. The number of nitrogens with one attached hydrogen (secondary N) is 1. The summed E-state index contributed by atoms with van der Waals surface area (Å²) in [5.74, 6) is 0.618. The largest absolute Gasteiger partial charge is 0.333 e. The summed E-state index contributed by atoms with van der Waals surface area (Å²) < 4.78 is 5.13. The number of H-pyrrole nitrogens is 1. The van der Waals surface area contributed by atoms with Crippen LogP contribution in [0.5, 0.6) is 0 Å². The van der Waals surface area contributed by atoms with Gasteiger partial charge in [-0.2, -0.15) is 15.3 Å². The van der Waals surface area contributed by atoms with Crippen LogP contribution < -0.4 is 0 Å². The Kier molecular flexibility index (Phi) is 2.54. The fraction of sp³-hybridized carbons (Fsp3) is 0.0833. The molecule has 7 heteroatoms. The van der Waals surface area contributed by atoms with Gasteiger partial charge >= 0.3 is 0 Å². The Hall–Kier alpha value is -3.01. The Morgan fingerprint density at radius 2 is 2.21 bits per heavy atom. The van der Waals surface area contributed by atoms with E-state index in [4.69, 9.17) is 9.78 Å². The monoisotopic (exact) mass is 252 g/mol. The second-order valence-electron chi connectivity index (χ2n) is 3.86. The molecule has 0 bridgehead atoms. The Morgan fingerprint density at radius 1 is 1.32 bits per heavy atom. The van der Waals surface area contributed by atoms with E-state index in [0.717, 1.165) is 5.69 Å². The average molecular weight is 252 g/mol. The van der Waals surface area contributed by atoms with Crippen LogP contribution in [0.1, 0.15) is 11.4 Å². The summed E-state index contributed by atoms with van der Waals surface area (Å²) in [7, 11) is 0. The zero-order chi connectivity index (χ0) is 13.2. The Bertz CT molecular complexity index is 766. The molecule has 0 unspecified atom stereocenters. The third kappa shape index (κ3) is 1.95. The minimum absolute atomic E-state index is 0.239. The van der Waals surface area contributed by atoms with Crippen LogP contribution in [0.15, 0.2) is 28.9 Å². The van der Waals surface area contributed by atoms with E-state index in [0.29, 0.717) is 17.1 Å². The quantitative estimate of drug-likeness (QED) is 0.744. The highest BCUT2D eigenvalue weighted by Gasteiger charge is 2.16. The topological polar surface area (TPSA) is 104 Å². The number of pyridine rings is 1. The van der Waals surface area contributed by atoms with Crippen LogP contribution in [0.3, 0.4) is 0 Å². The molecular weight excluding hydrogens is 244 g/mol. The molecule has 0 radical (unpaired) electrons. The Balaban J connectivity index is 2.03. The first kappa shape index (κ1) is 11.1. The van der Waals surface area contributed by atoms with E-state index >= 15 is 0 Å². The van der Waals surface area contributed by atoms with Crippen molar-refractivity contribution in [2.24, 2.45) is 0 Å². The van der Waals surface area contributed by atoms with Gasteiger partial charge in [-0.05, 0) is 19.1 Å². The molecule has 0 fully saturated rings. The molecule has 0 aliphatic heterocycles. The van der Waals surface area contributed by atoms with Crippen molar-refractivity contribution in [1.82, 2.24) is 25.3 Å². The number of nitrogens with zero attached hydrogens (tertiary/aromatic N) is 5. The summed E-state index contributed by atoms with van der Waals surface area (Å²) in [5.41, 5.74) is 2.25. The van der Waals surface area contributed by atoms with Crippen LogP contribution in [-0.2, 0) is 0 Å². The molecule has 0 amide bonds. The van der Waals surface area contributed by atoms with Gasteiger partial charge in [-0.15, -0.1) is 0 Å². The zero-order valence-electron chi connectivity index (χ0n) is 9.95. The lowest BCUT2D eigenvalue weighted by molar-refractivity contribution is 0.432. The van der Waals surface area contributed by atoms with Crippen LogP contribution >= 0.6 is 0 Å². The number of hydrogen-bond acceptors (Lipinski definition) is 6. The average Bonchev–Trinajstić information content (AvgIpc) is 3.07. The van der Waals surface area contributed by atoms with E-state index in [2.05, 4.69) is 25.3 Å². The SMILES string of the molecule is Cc1cccc(-c2noc(-c3cn[nH]c3C#N)n2)n1. The summed E-state index contributed by atoms with van der Waals surface area (Å²) in [6.07, 6.45) is 1.47. The maximum absolute atomic E-state index is 8.91. The van der Waals surface area contributed by atoms with Gasteiger partial charge in [0.1, 0.15) is 17.5 Å². The smallest absolute Gasteiger partial charge is 0.262 e. The van der Waals surface area contributed by atoms with E-state index in [9.17, 15) is 0 Å². The molecule has 19 heavy (non-hydrogen) atoms. The highest BCUT2D eigenvalue weighted by molar-refractivity contribution is 5.61. The number of aromatic nitrogens is 5. The minimum atomic E-state index is 0.239. The zero-order valence-corrected chi connectivity index (χ0v) is 9.95. The summed E-state index contributed by atoms with van der Waals surface area (Å²) >= 11 is 0. The van der Waals surface area contributed by atoms with Gasteiger partial charge in [0, 0.05) is 5.69 Å². The molecule has 0 aliphatic rings. The minimum Gasteiger partial charge on any atom is -0.333 e. The first-order valence-electron chi connectivity index (χ1n) is 5.49. The van der Waals surface area contributed by atoms with E-state index in [-0.39, 0.29) is 11.6 Å². The number of rotatable bonds is 2. The maximum atomic E-state index is 8.91. The van der Waals surface area contributed by atoms with E-state index in [1.165, 1.54) is 6.20 Å². The lowest BCUT2D eigenvalue weighted by Gasteiger charge is -1.94. The molecule has 0 aromatic carbocycles.